The van der Waals surface area contributed by atoms with Crippen LogP contribution in [0.15, 0.2) is 35.4 Å². The maximum absolute atomic E-state index is 13.1. The smallest absolute Gasteiger partial charge is 0.272 e. The molecule has 1 aromatic heterocycles. The Bertz CT molecular complexity index is 849. The molecule has 1 aromatic carbocycles. The Hall–Kier alpha value is -2.26. The number of carbonyl (C=O) groups is 1. The van der Waals surface area contributed by atoms with Crippen LogP contribution in [-0.4, -0.2) is 25.4 Å². The molecule has 0 radical (unpaired) electrons. The van der Waals surface area contributed by atoms with E-state index in [0.29, 0.717) is 6.42 Å². The van der Waals surface area contributed by atoms with Crippen LogP contribution in [0.2, 0.25) is 0 Å². The molecule has 0 aliphatic heterocycles. The minimum atomic E-state index is -3.74. The van der Waals surface area contributed by atoms with Crippen molar-refractivity contribution in [1.29, 1.82) is 0 Å². The minimum absolute atomic E-state index is 0.0238. The fraction of sp³-hybridized carbons (Fsp3) is 0.267. The normalized spacial score (nSPS) is 12.8. The van der Waals surface area contributed by atoms with Gasteiger partial charge >= 0.3 is 0 Å². The predicted octanol–water partition coefficient (Wildman–Crippen LogP) is 2.62. The number of anilines is 1. The molecule has 2 aromatic rings. The fourth-order valence-electron chi connectivity index (χ4n) is 1.85. The molecule has 6 nitrogen and oxygen atoms in total. The first-order chi connectivity index (χ1) is 11.2. The number of hydrogen-bond donors (Lipinski definition) is 3. The summed E-state index contributed by atoms with van der Waals surface area (Å²) < 4.78 is 52.7. The lowest BCUT2D eigenvalue weighted by atomic mass is 10.3. The molecule has 24 heavy (non-hydrogen) atoms. The van der Waals surface area contributed by atoms with E-state index < -0.39 is 27.6 Å². The molecule has 2 rings (SSSR count). The minimum Gasteiger partial charge on any atom is -0.356 e. The van der Waals surface area contributed by atoms with Gasteiger partial charge in [0.2, 0.25) is 10.0 Å². The summed E-state index contributed by atoms with van der Waals surface area (Å²) in [6, 6.07) is 3.83. The third-order valence-electron chi connectivity index (χ3n) is 3.36. The number of sulfonamides is 1. The zero-order chi connectivity index (χ0) is 17.9. The van der Waals surface area contributed by atoms with Crippen LogP contribution in [0.25, 0.3) is 0 Å². The molecule has 0 saturated heterocycles. The molecule has 0 aliphatic carbocycles. The van der Waals surface area contributed by atoms with Crippen molar-refractivity contribution in [2.75, 3.05) is 5.32 Å². The first-order valence-electron chi connectivity index (χ1n) is 7.20. The lowest BCUT2D eigenvalue weighted by Crippen LogP contribution is -2.31. The van der Waals surface area contributed by atoms with E-state index in [1.54, 1.807) is 6.92 Å². The lowest BCUT2D eigenvalue weighted by molar-refractivity contribution is 0.102. The van der Waals surface area contributed by atoms with Crippen molar-refractivity contribution >= 4 is 21.6 Å². The molecular weight excluding hydrogens is 340 g/mol. The van der Waals surface area contributed by atoms with E-state index in [1.165, 1.54) is 18.3 Å². The van der Waals surface area contributed by atoms with E-state index in [9.17, 15) is 22.0 Å². The van der Waals surface area contributed by atoms with Gasteiger partial charge in [-0.25, -0.2) is 21.9 Å². The first kappa shape index (κ1) is 18.1. The van der Waals surface area contributed by atoms with E-state index in [2.05, 4.69) is 15.0 Å². The molecule has 9 heteroatoms. The maximum atomic E-state index is 13.1. The van der Waals surface area contributed by atoms with Crippen molar-refractivity contribution in [1.82, 2.24) is 9.71 Å². The zero-order valence-electron chi connectivity index (χ0n) is 13.1. The topological polar surface area (TPSA) is 91.1 Å². The van der Waals surface area contributed by atoms with E-state index in [-0.39, 0.29) is 22.3 Å². The highest BCUT2D eigenvalue weighted by atomic mass is 32.2. The summed E-state index contributed by atoms with van der Waals surface area (Å²) in [7, 11) is -3.74. The van der Waals surface area contributed by atoms with Gasteiger partial charge in [0.1, 0.15) is 10.6 Å². The van der Waals surface area contributed by atoms with E-state index >= 15 is 0 Å². The highest BCUT2D eigenvalue weighted by Gasteiger charge is 2.20. The van der Waals surface area contributed by atoms with Gasteiger partial charge in [-0.05, 0) is 31.5 Å². The van der Waals surface area contributed by atoms with Gasteiger partial charge in [-0.1, -0.05) is 6.92 Å². The number of H-pyrrole nitrogens is 1. The van der Waals surface area contributed by atoms with E-state index in [0.717, 1.165) is 12.1 Å². The predicted molar refractivity (Wildman–Crippen MR) is 85.2 cm³/mol. The summed E-state index contributed by atoms with van der Waals surface area (Å²) in [5.41, 5.74) is 0.0277. The van der Waals surface area contributed by atoms with Crippen LogP contribution in [-0.2, 0) is 10.0 Å². The van der Waals surface area contributed by atoms with E-state index in [1.807, 2.05) is 6.92 Å². The summed E-state index contributed by atoms with van der Waals surface area (Å²) in [5, 5.41) is 2.35. The number of amides is 1. The molecule has 130 valence electrons. The van der Waals surface area contributed by atoms with Crippen molar-refractivity contribution in [3.8, 4) is 0 Å². The number of carbonyl (C=O) groups excluding carboxylic acids is 1. The second-order valence-corrected chi connectivity index (χ2v) is 6.98. The van der Waals surface area contributed by atoms with Gasteiger partial charge in [0.25, 0.3) is 5.91 Å². The van der Waals surface area contributed by atoms with Crippen molar-refractivity contribution in [3.05, 3.63) is 47.8 Å². The number of nitrogens with one attached hydrogen (secondary N) is 3. The van der Waals surface area contributed by atoms with Crippen LogP contribution >= 0.6 is 0 Å². The number of hydrogen-bond acceptors (Lipinski definition) is 3. The Morgan fingerprint density at radius 3 is 2.58 bits per heavy atom. The standard InChI is InChI=1S/C15H17F2N3O3S/c1-3-9(2)20-24(22,23)11-7-14(18-8-11)15(21)19-10-4-5-12(16)13(17)6-10/h4-9,18,20H,3H2,1-2H3,(H,19,21)/t9-/m1/s1. The molecule has 1 heterocycles. The van der Waals surface area contributed by atoms with Gasteiger partial charge in [0, 0.05) is 24.0 Å². The number of halogens is 2. The average molecular weight is 357 g/mol. The van der Waals surface area contributed by atoms with Gasteiger partial charge < -0.3 is 10.3 Å². The van der Waals surface area contributed by atoms with E-state index in [4.69, 9.17) is 0 Å². The second kappa shape index (κ2) is 7.10. The van der Waals surface area contributed by atoms with Crippen LogP contribution in [0, 0.1) is 11.6 Å². The van der Waals surface area contributed by atoms with Gasteiger partial charge in [0.15, 0.2) is 11.6 Å². The second-order valence-electron chi connectivity index (χ2n) is 5.26. The molecule has 0 unspecified atom stereocenters. The zero-order valence-corrected chi connectivity index (χ0v) is 13.9. The van der Waals surface area contributed by atoms with Crippen LogP contribution in [0.4, 0.5) is 14.5 Å². The summed E-state index contributed by atoms with van der Waals surface area (Å²) in [5.74, 6) is -2.80. The van der Waals surface area contributed by atoms with Crippen LogP contribution in [0.3, 0.4) is 0 Å². The number of aromatic nitrogens is 1. The molecule has 0 spiro atoms. The summed E-state index contributed by atoms with van der Waals surface area (Å²) in [6.07, 6.45) is 1.80. The fourth-order valence-corrected chi connectivity index (χ4v) is 3.17. The summed E-state index contributed by atoms with van der Waals surface area (Å²) >= 11 is 0. The Kier molecular flexibility index (Phi) is 5.35. The average Bonchev–Trinajstić information content (AvgIpc) is 3.01. The molecule has 1 atom stereocenters. The van der Waals surface area contributed by atoms with Crippen molar-refractivity contribution in [2.24, 2.45) is 0 Å². The van der Waals surface area contributed by atoms with Gasteiger partial charge in [-0.2, -0.15) is 0 Å². The molecule has 3 N–H and O–H groups in total. The molecule has 0 bridgehead atoms. The Morgan fingerprint density at radius 2 is 1.96 bits per heavy atom. The SMILES string of the molecule is CC[C@@H](C)NS(=O)(=O)c1c[nH]c(C(=O)Nc2ccc(F)c(F)c2)c1. The number of benzene rings is 1. The monoisotopic (exact) mass is 357 g/mol. The summed E-state index contributed by atoms with van der Waals surface area (Å²) in [4.78, 5) is 14.5. The molecule has 0 saturated carbocycles. The van der Waals surface area contributed by atoms with Crippen LogP contribution in [0.5, 0.6) is 0 Å². The van der Waals surface area contributed by atoms with Gasteiger partial charge in [0.05, 0.1) is 0 Å². The van der Waals surface area contributed by atoms with Crippen molar-refractivity contribution < 1.29 is 22.0 Å². The molecule has 0 aliphatic rings. The first-order valence-corrected chi connectivity index (χ1v) is 8.68. The lowest BCUT2D eigenvalue weighted by Gasteiger charge is -2.10. The Morgan fingerprint density at radius 1 is 1.25 bits per heavy atom. The Labute approximate surface area is 138 Å². The largest absolute Gasteiger partial charge is 0.356 e. The quantitative estimate of drug-likeness (QED) is 0.742. The molecule has 1 amide bonds. The third-order valence-corrected chi connectivity index (χ3v) is 4.93. The highest BCUT2D eigenvalue weighted by Crippen LogP contribution is 2.16. The van der Waals surface area contributed by atoms with Gasteiger partial charge in [-0.3, -0.25) is 4.79 Å². The maximum Gasteiger partial charge on any atom is 0.272 e. The van der Waals surface area contributed by atoms with Gasteiger partial charge in [-0.15, -0.1) is 0 Å². The number of aromatic amines is 1. The molecule has 0 fully saturated rings. The third kappa shape index (κ3) is 4.18. The van der Waals surface area contributed by atoms with Crippen molar-refractivity contribution in [3.63, 3.8) is 0 Å². The highest BCUT2D eigenvalue weighted by molar-refractivity contribution is 7.89. The van der Waals surface area contributed by atoms with Crippen molar-refractivity contribution in [2.45, 2.75) is 31.2 Å². The Balaban J connectivity index is 2.14. The molecular formula is C15H17F2N3O3S. The van der Waals surface area contributed by atoms with Crippen LogP contribution in [0.1, 0.15) is 30.8 Å². The number of rotatable bonds is 6. The van der Waals surface area contributed by atoms with Crippen LogP contribution < -0.4 is 10.0 Å². The summed E-state index contributed by atoms with van der Waals surface area (Å²) in [6.45, 7) is 3.56.